The smallest absolute Gasteiger partial charge is 0.109 e. The highest BCUT2D eigenvalue weighted by atomic mass is 14.9. The molecule has 1 N–H and O–H groups in total. The first-order valence-electron chi connectivity index (χ1n) is 11.1. The van der Waals surface area contributed by atoms with Crippen molar-refractivity contribution in [2.24, 2.45) is 0 Å². The van der Waals surface area contributed by atoms with Crippen molar-refractivity contribution in [3.8, 4) is 22.4 Å². The van der Waals surface area contributed by atoms with Gasteiger partial charge in [-0.05, 0) is 84.2 Å². The van der Waals surface area contributed by atoms with Crippen LogP contribution in [0.15, 0.2) is 42.6 Å². The number of benzene rings is 2. The summed E-state index contributed by atoms with van der Waals surface area (Å²) in [5.41, 5.74) is 10.1. The van der Waals surface area contributed by atoms with Gasteiger partial charge in [-0.2, -0.15) is 0 Å². The lowest BCUT2D eigenvalue weighted by atomic mass is 9.83. The second kappa shape index (κ2) is 6.34. The highest BCUT2D eigenvalue weighted by molar-refractivity contribution is 5.75. The van der Waals surface area contributed by atoms with Gasteiger partial charge in [0.2, 0.25) is 0 Å². The Bertz CT molecular complexity index is 1020. The maximum Gasteiger partial charge on any atom is 0.109 e. The van der Waals surface area contributed by atoms with Gasteiger partial charge in [-0.1, -0.05) is 49.2 Å². The number of aromatic nitrogens is 2. The molecule has 2 saturated carbocycles. The van der Waals surface area contributed by atoms with Gasteiger partial charge < -0.3 is 4.98 Å². The van der Waals surface area contributed by atoms with Crippen molar-refractivity contribution < 1.29 is 0 Å². The minimum Gasteiger partial charge on any atom is -0.342 e. The van der Waals surface area contributed by atoms with Crippen LogP contribution < -0.4 is 0 Å². The summed E-state index contributed by atoms with van der Waals surface area (Å²) >= 11 is 0. The Morgan fingerprint density at radius 1 is 0.786 bits per heavy atom. The zero-order chi connectivity index (χ0) is 18.7. The Morgan fingerprint density at radius 3 is 2.29 bits per heavy atom. The number of fused-ring (bicyclic) bond motifs is 5. The monoisotopic (exact) mass is 368 g/mol. The van der Waals surface area contributed by atoms with Gasteiger partial charge in [-0.3, -0.25) is 0 Å². The molecule has 142 valence electrons. The molecule has 2 heteroatoms. The average molecular weight is 369 g/mol. The molecule has 2 bridgehead atoms. The van der Waals surface area contributed by atoms with Crippen LogP contribution in [0, 0.1) is 6.92 Å². The van der Waals surface area contributed by atoms with E-state index in [0.29, 0.717) is 5.92 Å². The topological polar surface area (TPSA) is 28.7 Å². The number of aryl methyl sites for hydroxylation is 1. The Hall–Kier alpha value is -2.35. The number of hydrogen-bond donors (Lipinski definition) is 1. The van der Waals surface area contributed by atoms with E-state index in [2.05, 4.69) is 53.3 Å². The number of rotatable bonds is 3. The lowest BCUT2D eigenvalue weighted by molar-refractivity contribution is 0.679. The highest BCUT2D eigenvalue weighted by Crippen LogP contribution is 2.56. The van der Waals surface area contributed by atoms with Gasteiger partial charge in [0, 0.05) is 5.92 Å². The molecule has 2 atom stereocenters. The number of nitrogens with one attached hydrogen (secondary N) is 1. The van der Waals surface area contributed by atoms with Crippen LogP contribution in [-0.4, -0.2) is 9.97 Å². The number of hydrogen-bond acceptors (Lipinski definition) is 1. The fourth-order valence-corrected chi connectivity index (χ4v) is 6.20. The van der Waals surface area contributed by atoms with Crippen LogP contribution in [0.2, 0.25) is 0 Å². The van der Waals surface area contributed by atoms with Crippen molar-refractivity contribution in [2.75, 3.05) is 0 Å². The molecule has 3 aliphatic carbocycles. The zero-order valence-corrected chi connectivity index (χ0v) is 16.7. The van der Waals surface area contributed by atoms with Gasteiger partial charge in [0.25, 0.3) is 0 Å². The van der Waals surface area contributed by atoms with Crippen molar-refractivity contribution in [1.29, 1.82) is 0 Å². The van der Waals surface area contributed by atoms with Crippen LogP contribution in [0.3, 0.4) is 0 Å². The third-order valence-electron chi connectivity index (χ3n) is 7.60. The molecular formula is C26H28N2. The largest absolute Gasteiger partial charge is 0.342 e. The van der Waals surface area contributed by atoms with Gasteiger partial charge in [-0.15, -0.1) is 0 Å². The van der Waals surface area contributed by atoms with Crippen LogP contribution in [0.1, 0.15) is 85.2 Å². The van der Waals surface area contributed by atoms with E-state index in [0.717, 1.165) is 17.5 Å². The third-order valence-corrected chi connectivity index (χ3v) is 7.60. The van der Waals surface area contributed by atoms with E-state index in [4.69, 9.17) is 0 Å². The quantitative estimate of drug-likeness (QED) is 0.526. The van der Waals surface area contributed by atoms with Crippen molar-refractivity contribution in [2.45, 2.75) is 69.6 Å². The minimum atomic E-state index is 0.638. The summed E-state index contributed by atoms with van der Waals surface area (Å²) in [5.74, 6) is 3.43. The average Bonchev–Trinajstić information content (AvgIpc) is 3.53. The van der Waals surface area contributed by atoms with E-state index < -0.39 is 0 Å². The summed E-state index contributed by atoms with van der Waals surface area (Å²) in [7, 11) is 0. The van der Waals surface area contributed by atoms with Crippen LogP contribution in [-0.2, 0) is 0 Å². The van der Waals surface area contributed by atoms with Crippen LogP contribution >= 0.6 is 0 Å². The van der Waals surface area contributed by atoms with Gasteiger partial charge >= 0.3 is 0 Å². The van der Waals surface area contributed by atoms with Gasteiger partial charge in [0.15, 0.2) is 0 Å². The van der Waals surface area contributed by atoms with E-state index in [-0.39, 0.29) is 0 Å². The Labute approximate surface area is 167 Å². The molecular weight excluding hydrogens is 340 g/mol. The number of aromatic amines is 1. The minimum absolute atomic E-state index is 0.638. The standard InChI is InChI=1S/C26H28N2/c1-16-6-13-22(25-21-12-11-20(14-21)24(16)25)17-7-9-18(10-8-17)23-15-27-26(28-23)19-4-2-3-5-19/h6-10,13,15,19-21H,2-5,11-12,14H2,1H3,(H,27,28). The van der Waals surface area contributed by atoms with E-state index in [1.807, 2.05) is 6.20 Å². The predicted molar refractivity (Wildman–Crippen MR) is 115 cm³/mol. The van der Waals surface area contributed by atoms with Crippen molar-refractivity contribution in [3.63, 3.8) is 0 Å². The molecule has 2 aromatic carbocycles. The summed E-state index contributed by atoms with van der Waals surface area (Å²) in [4.78, 5) is 8.27. The fourth-order valence-electron chi connectivity index (χ4n) is 6.20. The molecule has 2 unspecified atom stereocenters. The molecule has 0 saturated heterocycles. The van der Waals surface area contributed by atoms with Crippen molar-refractivity contribution in [3.05, 3.63) is 65.1 Å². The SMILES string of the molecule is Cc1ccc(-c2ccc(-c3cnc(C4CCCC4)[nH]3)cc2)c2c1C1CCC2C1. The first-order valence-corrected chi connectivity index (χ1v) is 11.1. The maximum absolute atomic E-state index is 4.68. The second-order valence-corrected chi connectivity index (χ2v) is 9.21. The predicted octanol–water partition coefficient (Wildman–Crippen LogP) is 7.07. The Morgan fingerprint density at radius 2 is 1.50 bits per heavy atom. The fraction of sp³-hybridized carbons (Fsp3) is 0.423. The summed E-state index contributed by atoms with van der Waals surface area (Å²) in [6.45, 7) is 2.30. The molecule has 1 aromatic heterocycles. The van der Waals surface area contributed by atoms with E-state index in [9.17, 15) is 0 Å². The normalized spacial score (nSPS) is 23.5. The first-order chi connectivity index (χ1) is 13.8. The van der Waals surface area contributed by atoms with Crippen LogP contribution in [0.5, 0.6) is 0 Å². The maximum atomic E-state index is 4.68. The van der Waals surface area contributed by atoms with Crippen molar-refractivity contribution in [1.82, 2.24) is 9.97 Å². The molecule has 28 heavy (non-hydrogen) atoms. The summed E-state index contributed by atoms with van der Waals surface area (Å²) in [5, 5.41) is 0. The van der Waals surface area contributed by atoms with E-state index in [1.165, 1.54) is 73.0 Å². The summed E-state index contributed by atoms with van der Waals surface area (Å²) < 4.78 is 0. The lowest BCUT2D eigenvalue weighted by Gasteiger charge is -2.21. The summed E-state index contributed by atoms with van der Waals surface area (Å²) in [6, 6.07) is 13.8. The summed E-state index contributed by atoms with van der Waals surface area (Å²) in [6.07, 6.45) is 11.4. The zero-order valence-electron chi connectivity index (χ0n) is 16.7. The van der Waals surface area contributed by atoms with Crippen molar-refractivity contribution >= 4 is 0 Å². The number of imidazole rings is 1. The molecule has 3 aromatic rings. The molecule has 2 nitrogen and oxygen atoms in total. The highest BCUT2D eigenvalue weighted by Gasteiger charge is 2.39. The second-order valence-electron chi connectivity index (χ2n) is 9.21. The van der Waals surface area contributed by atoms with Gasteiger partial charge in [0.05, 0.1) is 11.9 Å². The van der Waals surface area contributed by atoms with E-state index >= 15 is 0 Å². The van der Waals surface area contributed by atoms with E-state index in [1.54, 1.807) is 11.1 Å². The first kappa shape index (κ1) is 16.6. The third kappa shape index (κ3) is 2.50. The molecule has 1 heterocycles. The molecule has 0 aliphatic heterocycles. The molecule has 3 aliphatic rings. The number of H-pyrrole nitrogens is 1. The van der Waals surface area contributed by atoms with Crippen LogP contribution in [0.25, 0.3) is 22.4 Å². The van der Waals surface area contributed by atoms with Gasteiger partial charge in [0.1, 0.15) is 5.82 Å². The van der Waals surface area contributed by atoms with Crippen LogP contribution in [0.4, 0.5) is 0 Å². The molecule has 0 radical (unpaired) electrons. The molecule has 0 amide bonds. The Kier molecular flexibility index (Phi) is 3.75. The number of nitrogens with zero attached hydrogens (tertiary/aromatic N) is 1. The molecule has 2 fully saturated rings. The van der Waals surface area contributed by atoms with Gasteiger partial charge in [-0.25, -0.2) is 4.98 Å². The lowest BCUT2D eigenvalue weighted by Crippen LogP contribution is -2.02. The Balaban J connectivity index is 1.33. The molecule has 0 spiro atoms. The molecule has 6 rings (SSSR count).